The molecule has 1 amide bonds. The average Bonchev–Trinajstić information content (AvgIpc) is 2.97. The van der Waals surface area contributed by atoms with Crippen molar-refractivity contribution in [3.8, 4) is 0 Å². The van der Waals surface area contributed by atoms with Gasteiger partial charge in [-0.1, -0.05) is 12.8 Å². The molecule has 1 unspecified atom stereocenters. The van der Waals surface area contributed by atoms with E-state index in [4.69, 9.17) is 0 Å². The molecule has 0 aliphatic heterocycles. The van der Waals surface area contributed by atoms with Gasteiger partial charge in [-0.25, -0.2) is 0 Å². The lowest BCUT2D eigenvalue weighted by Gasteiger charge is -2.15. The van der Waals surface area contributed by atoms with Crippen LogP contribution in [0.5, 0.6) is 0 Å². The summed E-state index contributed by atoms with van der Waals surface area (Å²) in [6.45, 7) is 1.67. The zero-order valence-electron chi connectivity index (χ0n) is 10.5. The van der Waals surface area contributed by atoms with E-state index in [0.717, 1.165) is 25.7 Å². The Hall–Kier alpha value is -1.44. The second-order valence-electron chi connectivity index (χ2n) is 4.70. The minimum absolute atomic E-state index is 0.156. The fraction of sp³-hybridized carbons (Fsp3) is 0.636. The second-order valence-corrected chi connectivity index (χ2v) is 5.56. The van der Waals surface area contributed by atoms with Crippen molar-refractivity contribution in [2.45, 2.75) is 44.7 Å². The quantitative estimate of drug-likeness (QED) is 0.676. The summed E-state index contributed by atoms with van der Waals surface area (Å²) in [6, 6.07) is -0.338. The average molecular weight is 331 g/mol. The molecule has 1 atom stereocenters. The summed E-state index contributed by atoms with van der Waals surface area (Å²) in [4.78, 5) is 22.2. The van der Waals surface area contributed by atoms with E-state index in [0.29, 0.717) is 0 Å². The van der Waals surface area contributed by atoms with Gasteiger partial charge in [-0.05, 0) is 40.6 Å². The molecule has 0 spiro atoms. The summed E-state index contributed by atoms with van der Waals surface area (Å²) in [7, 11) is 0. The van der Waals surface area contributed by atoms with Crippen LogP contribution >= 0.6 is 15.9 Å². The molecule has 1 aromatic rings. The summed E-state index contributed by atoms with van der Waals surface area (Å²) in [5.41, 5.74) is 0. The predicted octanol–water partition coefficient (Wildman–Crippen LogP) is 2.17. The van der Waals surface area contributed by atoms with Crippen LogP contribution < -0.4 is 5.32 Å². The van der Waals surface area contributed by atoms with E-state index in [9.17, 15) is 14.9 Å². The number of nitrogens with one attached hydrogen (secondary N) is 1. The highest BCUT2D eigenvalue weighted by molar-refractivity contribution is 9.10. The molecule has 0 aromatic carbocycles. The first-order chi connectivity index (χ1) is 8.99. The first kappa shape index (κ1) is 14.0. The van der Waals surface area contributed by atoms with Crippen molar-refractivity contribution in [3.05, 3.63) is 20.8 Å². The molecule has 1 N–H and O–H groups in total. The third-order valence-corrected chi connectivity index (χ3v) is 3.88. The highest BCUT2D eigenvalue weighted by Gasteiger charge is 2.27. The molecule has 19 heavy (non-hydrogen) atoms. The molecule has 1 aromatic heterocycles. The first-order valence-corrected chi connectivity index (χ1v) is 6.97. The number of carbonyl (C=O) groups excluding carboxylic acids is 1. The summed E-state index contributed by atoms with van der Waals surface area (Å²) in [5.74, 6) is -0.433. The molecule has 1 aliphatic carbocycles. The maximum atomic E-state index is 12.0. The van der Waals surface area contributed by atoms with E-state index in [-0.39, 0.29) is 22.2 Å². The van der Waals surface area contributed by atoms with Gasteiger partial charge >= 0.3 is 5.82 Å². The standard InChI is InChI=1S/C11H15BrN4O3/c1-7(11(17)13-8-4-2-3-5-8)15-6-9(12)10(14-15)16(18)19/h6-8H,2-5H2,1H3,(H,13,17). The number of aromatic nitrogens is 2. The van der Waals surface area contributed by atoms with Crippen LogP contribution in [0.2, 0.25) is 0 Å². The Labute approximate surface area is 118 Å². The van der Waals surface area contributed by atoms with Crippen LogP contribution in [0.15, 0.2) is 10.7 Å². The molecule has 0 radical (unpaired) electrons. The number of rotatable bonds is 4. The zero-order chi connectivity index (χ0) is 14.0. The lowest BCUT2D eigenvalue weighted by atomic mass is 10.2. The van der Waals surface area contributed by atoms with Gasteiger partial charge in [0.05, 0.1) is 11.3 Å². The van der Waals surface area contributed by atoms with Crippen LogP contribution in [-0.2, 0) is 4.79 Å². The van der Waals surface area contributed by atoms with Gasteiger partial charge in [0, 0.05) is 6.04 Å². The zero-order valence-corrected chi connectivity index (χ0v) is 12.1. The normalized spacial score (nSPS) is 17.4. The molecule has 0 bridgehead atoms. The molecule has 2 rings (SSSR count). The Morgan fingerprint density at radius 3 is 2.79 bits per heavy atom. The van der Waals surface area contributed by atoms with Crippen LogP contribution in [0.1, 0.15) is 38.6 Å². The Kier molecular flexibility index (Phi) is 4.18. The monoisotopic (exact) mass is 330 g/mol. The van der Waals surface area contributed by atoms with Crippen molar-refractivity contribution in [1.29, 1.82) is 0 Å². The minimum Gasteiger partial charge on any atom is -0.358 e. The third kappa shape index (κ3) is 3.12. The number of nitro groups is 1. The summed E-state index contributed by atoms with van der Waals surface area (Å²) >= 11 is 3.07. The second kappa shape index (κ2) is 5.68. The molecule has 104 valence electrons. The summed E-state index contributed by atoms with van der Waals surface area (Å²) < 4.78 is 1.59. The molecule has 8 heteroatoms. The number of hydrogen-bond donors (Lipinski definition) is 1. The van der Waals surface area contributed by atoms with Crippen LogP contribution in [0, 0.1) is 10.1 Å². The van der Waals surface area contributed by atoms with Crippen molar-refractivity contribution in [1.82, 2.24) is 15.1 Å². The SMILES string of the molecule is CC(C(=O)NC1CCCC1)n1cc(Br)c([N+](=O)[O-])n1. The molecule has 7 nitrogen and oxygen atoms in total. The van der Waals surface area contributed by atoms with Crippen LogP contribution in [0.4, 0.5) is 5.82 Å². The van der Waals surface area contributed by atoms with Crippen LogP contribution in [0.25, 0.3) is 0 Å². The number of halogens is 1. The molecule has 1 saturated carbocycles. The van der Waals surface area contributed by atoms with Crippen molar-refractivity contribution in [3.63, 3.8) is 0 Å². The van der Waals surface area contributed by atoms with Gasteiger partial charge in [0.15, 0.2) is 0 Å². The molecule has 0 saturated heterocycles. The van der Waals surface area contributed by atoms with Crippen molar-refractivity contribution >= 4 is 27.7 Å². The van der Waals surface area contributed by atoms with E-state index in [2.05, 4.69) is 26.3 Å². The lowest BCUT2D eigenvalue weighted by molar-refractivity contribution is -0.390. The highest BCUT2D eigenvalue weighted by Crippen LogP contribution is 2.24. The van der Waals surface area contributed by atoms with E-state index >= 15 is 0 Å². The van der Waals surface area contributed by atoms with Gasteiger partial charge in [0.2, 0.25) is 5.91 Å². The Balaban J connectivity index is 2.05. The van der Waals surface area contributed by atoms with Gasteiger partial charge in [0.25, 0.3) is 0 Å². The Morgan fingerprint density at radius 2 is 2.26 bits per heavy atom. The topological polar surface area (TPSA) is 90.1 Å². The maximum Gasteiger partial charge on any atom is 0.404 e. The largest absolute Gasteiger partial charge is 0.404 e. The van der Waals surface area contributed by atoms with E-state index in [1.165, 1.54) is 10.9 Å². The third-order valence-electron chi connectivity index (χ3n) is 3.32. The van der Waals surface area contributed by atoms with Crippen LogP contribution in [0.3, 0.4) is 0 Å². The number of hydrogen-bond acceptors (Lipinski definition) is 4. The van der Waals surface area contributed by atoms with Crippen molar-refractivity contribution < 1.29 is 9.72 Å². The fourth-order valence-corrected chi connectivity index (χ4v) is 2.63. The lowest BCUT2D eigenvalue weighted by Crippen LogP contribution is -2.37. The Bertz CT molecular complexity index is 496. The van der Waals surface area contributed by atoms with Gasteiger partial charge in [-0.2, -0.15) is 4.68 Å². The van der Waals surface area contributed by atoms with Gasteiger partial charge in [-0.15, -0.1) is 0 Å². The Morgan fingerprint density at radius 1 is 1.63 bits per heavy atom. The number of nitrogens with zero attached hydrogens (tertiary/aromatic N) is 3. The van der Waals surface area contributed by atoms with E-state index in [1.807, 2.05) is 0 Å². The smallest absolute Gasteiger partial charge is 0.358 e. The summed E-state index contributed by atoms with van der Waals surface area (Å²) in [6.07, 6.45) is 5.73. The van der Waals surface area contributed by atoms with Crippen LogP contribution in [-0.4, -0.2) is 26.7 Å². The highest BCUT2D eigenvalue weighted by atomic mass is 79.9. The maximum absolute atomic E-state index is 12.0. The molecule has 1 fully saturated rings. The predicted molar refractivity (Wildman–Crippen MR) is 71.7 cm³/mol. The first-order valence-electron chi connectivity index (χ1n) is 6.18. The number of amides is 1. The molecule has 1 heterocycles. The van der Waals surface area contributed by atoms with Gasteiger partial charge < -0.3 is 15.4 Å². The van der Waals surface area contributed by atoms with E-state index in [1.54, 1.807) is 6.92 Å². The molecular weight excluding hydrogens is 316 g/mol. The van der Waals surface area contributed by atoms with Crippen molar-refractivity contribution in [2.24, 2.45) is 0 Å². The molecule has 1 aliphatic rings. The summed E-state index contributed by atoms with van der Waals surface area (Å²) in [5, 5.41) is 17.5. The fourth-order valence-electron chi connectivity index (χ4n) is 2.19. The van der Waals surface area contributed by atoms with Crippen molar-refractivity contribution in [2.75, 3.05) is 0 Å². The van der Waals surface area contributed by atoms with E-state index < -0.39 is 11.0 Å². The van der Waals surface area contributed by atoms with Gasteiger partial charge in [0.1, 0.15) is 10.5 Å². The van der Waals surface area contributed by atoms with Gasteiger partial charge in [-0.3, -0.25) is 4.79 Å². The minimum atomic E-state index is -0.581. The number of carbonyl (C=O) groups is 1. The molecular formula is C11H15BrN4O3.